The second kappa shape index (κ2) is 4.76. The second-order valence-corrected chi connectivity index (χ2v) is 5.63. The van der Waals surface area contributed by atoms with Crippen LogP contribution in [0, 0.1) is 12.8 Å². The number of carbonyl (C=O) groups excluding carboxylic acids is 1. The summed E-state index contributed by atoms with van der Waals surface area (Å²) in [5.74, 6) is 0.699. The molecule has 0 radical (unpaired) electrons. The van der Waals surface area contributed by atoms with Crippen molar-refractivity contribution in [3.8, 4) is 0 Å². The molecular weight excluding hydrogens is 238 g/mol. The molecule has 0 atom stereocenters. The van der Waals surface area contributed by atoms with Gasteiger partial charge in [0.25, 0.3) is 0 Å². The molecule has 2 N–H and O–H groups in total. The lowest BCUT2D eigenvalue weighted by molar-refractivity contribution is -0.132. The Bertz CT molecular complexity index is 488. The number of amides is 1. The maximum Gasteiger partial charge on any atom is 0.225 e. The number of hydrogen-bond acceptors (Lipinski definition) is 3. The number of aryl methyl sites for hydroxylation is 1. The third-order valence-corrected chi connectivity index (χ3v) is 4.09. The van der Waals surface area contributed by atoms with E-state index in [2.05, 4.69) is 17.9 Å². The Balaban J connectivity index is 1.66. The van der Waals surface area contributed by atoms with Crippen molar-refractivity contribution in [3.05, 3.63) is 23.8 Å². The quantitative estimate of drug-likeness (QED) is 0.821. The molecule has 1 aromatic rings. The molecule has 2 fully saturated rings. The average Bonchev–Trinajstić information content (AvgIpc) is 3.25. The van der Waals surface area contributed by atoms with Crippen LogP contribution >= 0.6 is 0 Å². The first kappa shape index (κ1) is 12.3. The number of nitrogens with two attached hydrogens (primary N) is 1. The van der Waals surface area contributed by atoms with Gasteiger partial charge in [-0.05, 0) is 37.5 Å². The molecule has 1 aliphatic heterocycles. The van der Waals surface area contributed by atoms with Crippen LogP contribution < -0.4 is 10.6 Å². The van der Waals surface area contributed by atoms with E-state index in [1.54, 1.807) is 0 Å². The van der Waals surface area contributed by atoms with E-state index in [4.69, 9.17) is 5.73 Å². The largest absolute Gasteiger partial charge is 0.399 e. The first-order valence-electron chi connectivity index (χ1n) is 7.05. The van der Waals surface area contributed by atoms with Crippen LogP contribution in [0.3, 0.4) is 0 Å². The molecule has 1 saturated carbocycles. The van der Waals surface area contributed by atoms with Gasteiger partial charge in [0.15, 0.2) is 0 Å². The molecule has 0 spiro atoms. The third-order valence-electron chi connectivity index (χ3n) is 4.09. The maximum absolute atomic E-state index is 12.0. The number of rotatable bonds is 2. The fraction of sp³-hybridized carbons (Fsp3) is 0.533. The molecule has 0 unspecified atom stereocenters. The van der Waals surface area contributed by atoms with E-state index in [1.165, 1.54) is 11.3 Å². The number of benzene rings is 1. The summed E-state index contributed by atoms with van der Waals surface area (Å²) in [6, 6.07) is 6.03. The molecule has 4 heteroatoms. The lowest BCUT2D eigenvalue weighted by Gasteiger charge is -2.37. The fourth-order valence-electron chi connectivity index (χ4n) is 2.72. The molecule has 0 aromatic heterocycles. The molecule has 1 saturated heterocycles. The highest BCUT2D eigenvalue weighted by Crippen LogP contribution is 2.32. The van der Waals surface area contributed by atoms with Crippen molar-refractivity contribution in [2.45, 2.75) is 19.8 Å². The van der Waals surface area contributed by atoms with Crippen molar-refractivity contribution in [3.63, 3.8) is 0 Å². The molecular formula is C15H21N3O. The first-order chi connectivity index (χ1) is 9.15. The van der Waals surface area contributed by atoms with Crippen LogP contribution in [-0.4, -0.2) is 37.0 Å². The molecule has 102 valence electrons. The zero-order valence-electron chi connectivity index (χ0n) is 11.4. The maximum atomic E-state index is 12.0. The lowest BCUT2D eigenvalue weighted by atomic mass is 10.1. The number of nitrogens with zero attached hydrogens (tertiary/aromatic N) is 2. The summed E-state index contributed by atoms with van der Waals surface area (Å²) in [5, 5.41) is 0. The van der Waals surface area contributed by atoms with Crippen molar-refractivity contribution in [2.24, 2.45) is 5.92 Å². The molecule has 2 aliphatic rings. The standard InChI is InChI=1S/C15H21N3O/c1-11-2-5-13(16)10-14(11)17-6-8-18(9-7-17)15(19)12-3-4-12/h2,5,10,12H,3-4,6-9,16H2,1H3. The van der Waals surface area contributed by atoms with Gasteiger partial charge in [-0.1, -0.05) is 6.07 Å². The minimum absolute atomic E-state index is 0.334. The van der Waals surface area contributed by atoms with Crippen molar-refractivity contribution in [1.82, 2.24) is 4.90 Å². The zero-order valence-corrected chi connectivity index (χ0v) is 11.4. The normalized spacial score (nSPS) is 19.6. The molecule has 1 aliphatic carbocycles. The Kier molecular flexibility index (Phi) is 3.09. The van der Waals surface area contributed by atoms with Crippen LogP contribution in [0.25, 0.3) is 0 Å². The molecule has 19 heavy (non-hydrogen) atoms. The highest BCUT2D eigenvalue weighted by Gasteiger charge is 2.34. The van der Waals surface area contributed by atoms with Crippen LogP contribution in [0.5, 0.6) is 0 Å². The summed E-state index contributed by atoms with van der Waals surface area (Å²) in [7, 11) is 0. The van der Waals surface area contributed by atoms with E-state index in [1.807, 2.05) is 17.0 Å². The fourth-order valence-corrected chi connectivity index (χ4v) is 2.72. The third kappa shape index (κ3) is 2.53. The van der Waals surface area contributed by atoms with Crippen molar-refractivity contribution < 1.29 is 4.79 Å². The van der Waals surface area contributed by atoms with Gasteiger partial charge >= 0.3 is 0 Å². The van der Waals surface area contributed by atoms with Gasteiger partial charge < -0.3 is 15.5 Å². The van der Waals surface area contributed by atoms with E-state index in [-0.39, 0.29) is 0 Å². The summed E-state index contributed by atoms with van der Waals surface area (Å²) in [6.07, 6.45) is 2.18. The summed E-state index contributed by atoms with van der Waals surface area (Å²) >= 11 is 0. The van der Waals surface area contributed by atoms with Gasteiger partial charge in [0, 0.05) is 43.5 Å². The van der Waals surface area contributed by atoms with Crippen LogP contribution in [0.15, 0.2) is 18.2 Å². The van der Waals surface area contributed by atoms with Gasteiger partial charge in [-0.15, -0.1) is 0 Å². The molecule has 1 heterocycles. The number of hydrogen-bond donors (Lipinski definition) is 1. The molecule has 3 rings (SSSR count). The zero-order chi connectivity index (χ0) is 13.4. The van der Waals surface area contributed by atoms with Gasteiger partial charge in [-0.25, -0.2) is 0 Å². The highest BCUT2D eigenvalue weighted by molar-refractivity contribution is 5.81. The van der Waals surface area contributed by atoms with Gasteiger partial charge in [-0.2, -0.15) is 0 Å². The second-order valence-electron chi connectivity index (χ2n) is 5.63. The van der Waals surface area contributed by atoms with Crippen LogP contribution in [-0.2, 0) is 4.79 Å². The average molecular weight is 259 g/mol. The number of piperazine rings is 1. The lowest BCUT2D eigenvalue weighted by Crippen LogP contribution is -2.49. The highest BCUT2D eigenvalue weighted by atomic mass is 16.2. The first-order valence-corrected chi connectivity index (χ1v) is 7.05. The Hall–Kier alpha value is -1.71. The van der Waals surface area contributed by atoms with Crippen molar-refractivity contribution in [2.75, 3.05) is 36.8 Å². The Morgan fingerprint density at radius 1 is 1.21 bits per heavy atom. The summed E-state index contributed by atoms with van der Waals surface area (Å²) in [6.45, 7) is 5.59. The van der Waals surface area contributed by atoms with Crippen LogP contribution in [0.2, 0.25) is 0 Å². The molecule has 1 aromatic carbocycles. The number of carbonyl (C=O) groups is 1. The predicted molar refractivity (Wildman–Crippen MR) is 77.1 cm³/mol. The van der Waals surface area contributed by atoms with E-state index in [9.17, 15) is 4.79 Å². The molecule has 4 nitrogen and oxygen atoms in total. The van der Waals surface area contributed by atoms with Crippen molar-refractivity contribution >= 4 is 17.3 Å². The summed E-state index contributed by atoms with van der Waals surface area (Å²) < 4.78 is 0. The SMILES string of the molecule is Cc1ccc(N)cc1N1CCN(C(=O)C2CC2)CC1. The Labute approximate surface area is 114 Å². The minimum Gasteiger partial charge on any atom is -0.399 e. The van der Waals surface area contributed by atoms with E-state index in [0.717, 1.165) is 44.7 Å². The van der Waals surface area contributed by atoms with Crippen molar-refractivity contribution in [1.29, 1.82) is 0 Å². The van der Waals surface area contributed by atoms with E-state index in [0.29, 0.717) is 11.8 Å². The van der Waals surface area contributed by atoms with E-state index < -0.39 is 0 Å². The number of anilines is 2. The monoisotopic (exact) mass is 259 g/mol. The Morgan fingerprint density at radius 2 is 1.89 bits per heavy atom. The summed E-state index contributed by atoms with van der Waals surface area (Å²) in [4.78, 5) is 16.4. The van der Waals surface area contributed by atoms with Gasteiger partial charge in [-0.3, -0.25) is 4.79 Å². The van der Waals surface area contributed by atoms with Crippen LogP contribution in [0.4, 0.5) is 11.4 Å². The predicted octanol–water partition coefficient (Wildman–Crippen LogP) is 1.64. The van der Waals surface area contributed by atoms with Gasteiger partial charge in [0.05, 0.1) is 0 Å². The number of nitrogen functional groups attached to an aromatic ring is 1. The van der Waals surface area contributed by atoms with E-state index >= 15 is 0 Å². The summed E-state index contributed by atoms with van der Waals surface area (Å²) in [5.41, 5.74) is 9.12. The topological polar surface area (TPSA) is 49.6 Å². The smallest absolute Gasteiger partial charge is 0.225 e. The Morgan fingerprint density at radius 3 is 2.53 bits per heavy atom. The molecule has 0 bridgehead atoms. The molecule has 1 amide bonds. The van der Waals surface area contributed by atoms with Gasteiger partial charge in [0.2, 0.25) is 5.91 Å². The van der Waals surface area contributed by atoms with Crippen LogP contribution in [0.1, 0.15) is 18.4 Å². The van der Waals surface area contributed by atoms with Gasteiger partial charge in [0.1, 0.15) is 0 Å². The minimum atomic E-state index is 0.334.